The van der Waals surface area contributed by atoms with E-state index in [1.165, 1.54) is 0 Å². The van der Waals surface area contributed by atoms with Crippen molar-refractivity contribution < 1.29 is 8.42 Å². The number of benzene rings is 1. The predicted molar refractivity (Wildman–Crippen MR) is 67.6 cm³/mol. The zero-order chi connectivity index (χ0) is 11.9. The average molecular weight is 239 g/mol. The summed E-state index contributed by atoms with van der Waals surface area (Å²) in [6.07, 6.45) is 4.65. The Hall–Kier alpha value is -1.13. The standard InChI is InChI=1S/C12H17NO2S/c1-2-16(14,15)13-11-7-6-10-12-8-4-3-5-9-12/h3-6,8-10,13H,2,7,11H2,1H3/b10-6+. The summed E-state index contributed by atoms with van der Waals surface area (Å²) in [5.41, 5.74) is 1.13. The smallest absolute Gasteiger partial charge is 0.211 e. The van der Waals surface area contributed by atoms with E-state index < -0.39 is 10.0 Å². The second kappa shape index (κ2) is 6.45. The molecule has 0 saturated heterocycles. The van der Waals surface area contributed by atoms with Crippen molar-refractivity contribution in [1.82, 2.24) is 4.72 Å². The minimum atomic E-state index is -3.05. The molecule has 0 amide bonds. The molecular formula is C12H17NO2S. The van der Waals surface area contributed by atoms with Crippen LogP contribution in [0.4, 0.5) is 0 Å². The Morgan fingerprint density at radius 3 is 2.56 bits per heavy atom. The highest BCUT2D eigenvalue weighted by Crippen LogP contribution is 2.01. The topological polar surface area (TPSA) is 46.2 Å². The normalized spacial score (nSPS) is 12.1. The van der Waals surface area contributed by atoms with Crippen LogP contribution in [0.1, 0.15) is 18.9 Å². The van der Waals surface area contributed by atoms with Crippen molar-refractivity contribution >= 4 is 16.1 Å². The zero-order valence-corrected chi connectivity index (χ0v) is 10.2. The van der Waals surface area contributed by atoms with Gasteiger partial charge in [0.15, 0.2) is 0 Å². The summed E-state index contributed by atoms with van der Waals surface area (Å²) < 4.78 is 24.7. The van der Waals surface area contributed by atoms with Crippen LogP contribution in [0.15, 0.2) is 36.4 Å². The van der Waals surface area contributed by atoms with Crippen LogP contribution in [0.5, 0.6) is 0 Å². The van der Waals surface area contributed by atoms with Crippen LogP contribution in [-0.4, -0.2) is 20.7 Å². The van der Waals surface area contributed by atoms with E-state index >= 15 is 0 Å². The molecule has 1 aromatic rings. The van der Waals surface area contributed by atoms with Crippen molar-refractivity contribution in [3.8, 4) is 0 Å². The van der Waals surface area contributed by atoms with Crippen LogP contribution in [-0.2, 0) is 10.0 Å². The lowest BCUT2D eigenvalue weighted by Crippen LogP contribution is -2.25. The van der Waals surface area contributed by atoms with E-state index in [1.807, 2.05) is 42.5 Å². The molecule has 0 unspecified atom stereocenters. The van der Waals surface area contributed by atoms with Gasteiger partial charge in [0.2, 0.25) is 10.0 Å². The second-order valence-electron chi connectivity index (χ2n) is 3.40. The van der Waals surface area contributed by atoms with E-state index in [0.717, 1.165) is 5.56 Å². The molecule has 1 N–H and O–H groups in total. The van der Waals surface area contributed by atoms with Crippen molar-refractivity contribution in [1.29, 1.82) is 0 Å². The van der Waals surface area contributed by atoms with Crippen molar-refractivity contribution in [2.24, 2.45) is 0 Å². The van der Waals surface area contributed by atoms with Gasteiger partial charge in [0.25, 0.3) is 0 Å². The minimum absolute atomic E-state index is 0.134. The first-order valence-electron chi connectivity index (χ1n) is 5.33. The number of nitrogens with one attached hydrogen (secondary N) is 1. The highest BCUT2D eigenvalue weighted by molar-refractivity contribution is 7.89. The number of rotatable bonds is 6. The molecule has 0 atom stereocenters. The van der Waals surface area contributed by atoms with Gasteiger partial charge in [0.05, 0.1) is 5.75 Å². The van der Waals surface area contributed by atoms with Gasteiger partial charge in [0.1, 0.15) is 0 Å². The molecule has 0 aliphatic heterocycles. The van der Waals surface area contributed by atoms with Crippen LogP contribution < -0.4 is 4.72 Å². The Morgan fingerprint density at radius 1 is 1.25 bits per heavy atom. The molecule has 0 aliphatic rings. The number of sulfonamides is 1. The van der Waals surface area contributed by atoms with Crippen molar-refractivity contribution in [2.45, 2.75) is 13.3 Å². The Balaban J connectivity index is 2.29. The Labute approximate surface area is 97.2 Å². The molecule has 0 aliphatic carbocycles. The molecule has 16 heavy (non-hydrogen) atoms. The van der Waals surface area contributed by atoms with Gasteiger partial charge >= 0.3 is 0 Å². The van der Waals surface area contributed by atoms with Crippen molar-refractivity contribution in [2.75, 3.05) is 12.3 Å². The highest BCUT2D eigenvalue weighted by Gasteiger charge is 2.02. The summed E-state index contributed by atoms with van der Waals surface area (Å²) in [5, 5.41) is 0. The SMILES string of the molecule is CCS(=O)(=O)NCC/C=C/c1ccccc1. The van der Waals surface area contributed by atoms with E-state index in [-0.39, 0.29) is 5.75 Å². The molecule has 0 radical (unpaired) electrons. The van der Waals surface area contributed by atoms with E-state index in [1.54, 1.807) is 6.92 Å². The van der Waals surface area contributed by atoms with Crippen molar-refractivity contribution in [3.63, 3.8) is 0 Å². The molecule has 0 heterocycles. The fourth-order valence-electron chi connectivity index (χ4n) is 1.18. The number of hydrogen-bond donors (Lipinski definition) is 1. The highest BCUT2D eigenvalue weighted by atomic mass is 32.2. The summed E-state index contributed by atoms with van der Waals surface area (Å²) in [5.74, 6) is 0.134. The van der Waals surface area contributed by atoms with E-state index in [9.17, 15) is 8.42 Å². The lowest BCUT2D eigenvalue weighted by Gasteiger charge is -2.00. The predicted octanol–water partition coefficient (Wildman–Crippen LogP) is 2.03. The van der Waals surface area contributed by atoms with Gasteiger partial charge < -0.3 is 0 Å². The quantitative estimate of drug-likeness (QED) is 0.772. The fraction of sp³-hybridized carbons (Fsp3) is 0.333. The van der Waals surface area contributed by atoms with E-state index in [4.69, 9.17) is 0 Å². The molecule has 0 saturated carbocycles. The molecule has 0 bridgehead atoms. The number of hydrogen-bond acceptors (Lipinski definition) is 2. The Kier molecular flexibility index (Phi) is 5.22. The molecular weight excluding hydrogens is 222 g/mol. The van der Waals surface area contributed by atoms with Crippen LogP contribution in [0, 0.1) is 0 Å². The van der Waals surface area contributed by atoms with Crippen molar-refractivity contribution in [3.05, 3.63) is 42.0 Å². The zero-order valence-electron chi connectivity index (χ0n) is 9.39. The summed E-state index contributed by atoms with van der Waals surface area (Å²) in [6.45, 7) is 2.08. The molecule has 0 spiro atoms. The second-order valence-corrected chi connectivity index (χ2v) is 5.50. The van der Waals surface area contributed by atoms with Crippen LogP contribution in [0.2, 0.25) is 0 Å². The molecule has 4 heteroatoms. The van der Waals surface area contributed by atoms with Crippen LogP contribution in [0.25, 0.3) is 6.08 Å². The van der Waals surface area contributed by atoms with Gasteiger partial charge in [0, 0.05) is 6.54 Å². The first-order valence-corrected chi connectivity index (χ1v) is 6.98. The van der Waals surface area contributed by atoms with Crippen LogP contribution in [0.3, 0.4) is 0 Å². The first kappa shape index (κ1) is 12.9. The largest absolute Gasteiger partial charge is 0.215 e. The molecule has 1 rings (SSSR count). The molecule has 0 fully saturated rings. The van der Waals surface area contributed by atoms with E-state index in [2.05, 4.69) is 4.72 Å². The summed E-state index contributed by atoms with van der Waals surface area (Å²) in [4.78, 5) is 0. The first-order chi connectivity index (χ1) is 7.64. The van der Waals surface area contributed by atoms with Gasteiger partial charge in [-0.1, -0.05) is 42.5 Å². The summed E-state index contributed by atoms with van der Waals surface area (Å²) in [7, 11) is -3.05. The maximum atomic E-state index is 11.1. The third-order valence-corrected chi connectivity index (χ3v) is 3.53. The average Bonchev–Trinajstić information content (AvgIpc) is 2.30. The lowest BCUT2D eigenvalue weighted by molar-refractivity contribution is 0.583. The Bertz CT molecular complexity index is 424. The third-order valence-electron chi connectivity index (χ3n) is 2.12. The maximum absolute atomic E-state index is 11.1. The van der Waals surface area contributed by atoms with Gasteiger partial charge in [-0.25, -0.2) is 13.1 Å². The van der Waals surface area contributed by atoms with Gasteiger partial charge in [-0.15, -0.1) is 0 Å². The fourth-order valence-corrected chi connectivity index (χ4v) is 1.82. The molecule has 1 aromatic carbocycles. The minimum Gasteiger partial charge on any atom is -0.215 e. The Morgan fingerprint density at radius 2 is 1.94 bits per heavy atom. The lowest BCUT2D eigenvalue weighted by atomic mass is 10.2. The molecule has 3 nitrogen and oxygen atoms in total. The maximum Gasteiger partial charge on any atom is 0.211 e. The monoisotopic (exact) mass is 239 g/mol. The van der Waals surface area contributed by atoms with E-state index in [0.29, 0.717) is 13.0 Å². The molecule has 88 valence electrons. The van der Waals surface area contributed by atoms with Crippen LogP contribution >= 0.6 is 0 Å². The summed E-state index contributed by atoms with van der Waals surface area (Å²) >= 11 is 0. The summed E-state index contributed by atoms with van der Waals surface area (Å²) in [6, 6.07) is 9.92. The van der Waals surface area contributed by atoms with Gasteiger partial charge in [-0.2, -0.15) is 0 Å². The third kappa shape index (κ3) is 5.09. The van der Waals surface area contributed by atoms with Gasteiger partial charge in [-0.05, 0) is 18.9 Å². The molecule has 0 aromatic heterocycles. The van der Waals surface area contributed by atoms with Gasteiger partial charge in [-0.3, -0.25) is 0 Å².